The molecule has 2 aliphatic rings. The number of nitrogens with zero attached hydrogens (tertiary/aromatic N) is 5. The van der Waals surface area contributed by atoms with Crippen molar-refractivity contribution in [3.05, 3.63) is 30.3 Å². The second-order valence-electron chi connectivity index (χ2n) is 3.01. The number of hydrogen-bond acceptors (Lipinski definition) is 6. The Morgan fingerprint density at radius 2 is 2.27 bits per heavy atom. The molecular weight excluding hydrogens is 196 g/mol. The number of H-pyrrole nitrogens is 1. The van der Waals surface area contributed by atoms with Crippen LogP contribution >= 0.6 is 0 Å². The predicted molar refractivity (Wildman–Crippen MR) is 47.9 cm³/mol. The van der Waals surface area contributed by atoms with E-state index < -0.39 is 0 Å². The van der Waals surface area contributed by atoms with Crippen LogP contribution in [-0.2, 0) is 6.42 Å². The van der Waals surface area contributed by atoms with Gasteiger partial charge in [0, 0.05) is 5.27 Å². The van der Waals surface area contributed by atoms with Gasteiger partial charge in [-0.2, -0.15) is 0 Å². The highest BCUT2D eigenvalue weighted by Gasteiger charge is 2.08. The molecule has 3 rings (SSSR count). The molecule has 2 aliphatic heterocycles. The average Bonchev–Trinajstić information content (AvgIpc) is 2.87. The minimum atomic E-state index is 0.534. The van der Waals surface area contributed by atoms with Crippen molar-refractivity contribution in [1.82, 2.24) is 30.3 Å². The van der Waals surface area contributed by atoms with Crippen molar-refractivity contribution in [1.29, 1.82) is 0 Å². The molecule has 0 bridgehead atoms. The monoisotopic (exact) mass is 202 g/mol. The smallest absolute Gasteiger partial charge is 0.160 e. The lowest BCUT2D eigenvalue weighted by molar-refractivity contribution is 0.392. The Labute approximate surface area is 83.9 Å². The summed E-state index contributed by atoms with van der Waals surface area (Å²) in [6, 6.07) is 0. The van der Waals surface area contributed by atoms with E-state index in [4.69, 9.17) is 0 Å². The molecule has 0 amide bonds. The third-order valence-electron chi connectivity index (χ3n) is 1.99. The maximum absolute atomic E-state index is 4.63. The van der Waals surface area contributed by atoms with Crippen LogP contribution in [0, 0.1) is 0 Å². The van der Waals surface area contributed by atoms with Gasteiger partial charge in [-0.15, -0.1) is 5.10 Å². The molecule has 0 saturated carbocycles. The molecule has 0 saturated heterocycles. The van der Waals surface area contributed by atoms with Crippen molar-refractivity contribution in [3.63, 3.8) is 0 Å². The summed E-state index contributed by atoms with van der Waals surface area (Å²) in [5.74, 6) is 1.47. The Morgan fingerprint density at radius 1 is 1.27 bits per heavy atom. The van der Waals surface area contributed by atoms with Crippen molar-refractivity contribution in [2.75, 3.05) is 0 Å². The average molecular weight is 202 g/mol. The molecule has 1 aromatic rings. The predicted octanol–water partition coefficient (Wildman–Crippen LogP) is 0.278. The fraction of sp³-hybridized carbons (Fsp3) is 0.125. The normalized spacial score (nSPS) is 10.9. The summed E-state index contributed by atoms with van der Waals surface area (Å²) in [7, 11) is 0. The zero-order valence-corrected chi connectivity index (χ0v) is 7.58. The third kappa shape index (κ3) is 1.43. The van der Waals surface area contributed by atoms with Crippen LogP contribution in [-0.4, -0.2) is 30.3 Å². The third-order valence-corrected chi connectivity index (χ3v) is 1.99. The van der Waals surface area contributed by atoms with Gasteiger partial charge in [-0.1, -0.05) is 0 Å². The summed E-state index contributed by atoms with van der Waals surface area (Å²) < 4.78 is 4.63. The quantitative estimate of drug-likeness (QED) is 0.641. The van der Waals surface area contributed by atoms with Gasteiger partial charge in [-0.25, -0.2) is 15.0 Å². The van der Waals surface area contributed by atoms with Crippen LogP contribution < -0.4 is 0 Å². The van der Waals surface area contributed by atoms with Crippen LogP contribution in [0.4, 0.5) is 0 Å². The first kappa shape index (κ1) is 8.04. The van der Waals surface area contributed by atoms with Gasteiger partial charge in [-0.3, -0.25) is 0 Å². The minimum absolute atomic E-state index is 0.534. The van der Waals surface area contributed by atoms with E-state index >= 15 is 0 Å². The van der Waals surface area contributed by atoms with Crippen molar-refractivity contribution in [2.24, 2.45) is 0 Å². The van der Waals surface area contributed by atoms with Crippen LogP contribution in [0.5, 0.6) is 0 Å². The second-order valence-corrected chi connectivity index (χ2v) is 3.01. The molecule has 0 fully saturated rings. The van der Waals surface area contributed by atoms with Gasteiger partial charge < -0.3 is 9.51 Å². The van der Waals surface area contributed by atoms with Gasteiger partial charge in [-0.05, 0) is 0 Å². The number of rotatable bonds is 2. The van der Waals surface area contributed by atoms with Gasteiger partial charge in [0.05, 0.1) is 12.6 Å². The number of aromatic nitrogens is 6. The lowest BCUT2D eigenvalue weighted by atomic mass is 10.3. The first-order valence-corrected chi connectivity index (χ1v) is 4.32. The van der Waals surface area contributed by atoms with Crippen LogP contribution in [0.2, 0.25) is 0 Å². The number of aromatic amines is 1. The van der Waals surface area contributed by atoms with E-state index in [1.54, 1.807) is 6.20 Å². The summed E-state index contributed by atoms with van der Waals surface area (Å²) in [5.41, 5.74) is 1.47. The molecule has 0 radical (unpaired) electrons. The molecule has 1 N–H and O–H groups in total. The Bertz CT molecular complexity index is 530. The largest absolute Gasteiger partial charge is 0.345 e. The van der Waals surface area contributed by atoms with E-state index in [0.717, 1.165) is 23.0 Å². The van der Waals surface area contributed by atoms with Crippen molar-refractivity contribution in [3.8, 4) is 11.5 Å². The second kappa shape index (κ2) is 3.12. The summed E-state index contributed by atoms with van der Waals surface area (Å²) in [6.45, 7) is 0. The zero-order valence-electron chi connectivity index (χ0n) is 7.58. The van der Waals surface area contributed by atoms with Gasteiger partial charge >= 0.3 is 0 Å². The van der Waals surface area contributed by atoms with Gasteiger partial charge in [0.15, 0.2) is 5.82 Å². The Morgan fingerprint density at radius 3 is 3.13 bits per heavy atom. The molecule has 7 nitrogen and oxygen atoms in total. The van der Waals surface area contributed by atoms with Crippen molar-refractivity contribution < 1.29 is 4.52 Å². The van der Waals surface area contributed by atoms with Crippen LogP contribution in [0.1, 0.15) is 11.5 Å². The van der Waals surface area contributed by atoms with Gasteiger partial charge in [0.1, 0.15) is 29.8 Å². The van der Waals surface area contributed by atoms with E-state index in [0.29, 0.717) is 6.42 Å². The fourth-order valence-corrected chi connectivity index (χ4v) is 1.30. The molecule has 0 atom stereocenters. The Hall–Kier alpha value is -2.31. The minimum Gasteiger partial charge on any atom is -0.345 e. The number of nitrogens with one attached hydrogen (secondary N) is 1. The topological polar surface area (TPSA) is 93.4 Å². The number of fused-ring (bicyclic) bond motifs is 1. The summed E-state index contributed by atoms with van der Waals surface area (Å²) >= 11 is 0. The highest BCUT2D eigenvalue weighted by Crippen LogP contribution is 2.12. The lowest BCUT2D eigenvalue weighted by Gasteiger charge is -1.99. The first-order chi connectivity index (χ1) is 7.42. The molecular formula is C8H6N6O. The van der Waals surface area contributed by atoms with E-state index in [2.05, 4.69) is 34.8 Å². The van der Waals surface area contributed by atoms with E-state index in [1.165, 1.54) is 12.6 Å². The Balaban J connectivity index is 1.95. The standard InChI is InChI=1S/C8H6N6O/c1(5-3-15-14-13-5)7-9-2-6-8(12-7)11-4-10-6/h2-4H,1H2,(H,9,10,11,12). The van der Waals surface area contributed by atoms with E-state index in [9.17, 15) is 0 Å². The highest BCUT2D eigenvalue weighted by atomic mass is 16.5. The van der Waals surface area contributed by atoms with Crippen LogP contribution in [0.25, 0.3) is 11.5 Å². The Kier molecular flexibility index (Phi) is 1.67. The van der Waals surface area contributed by atoms with E-state index in [1.807, 2.05) is 0 Å². The molecule has 1 aromatic heterocycles. The van der Waals surface area contributed by atoms with Crippen molar-refractivity contribution in [2.45, 2.75) is 6.42 Å². The fourth-order valence-electron chi connectivity index (χ4n) is 1.30. The van der Waals surface area contributed by atoms with Gasteiger partial charge in [0.25, 0.3) is 0 Å². The molecule has 3 heterocycles. The maximum atomic E-state index is 4.63. The summed E-state index contributed by atoms with van der Waals surface area (Å²) in [5, 5.41) is 7.14. The molecule has 0 aromatic carbocycles. The molecule has 15 heavy (non-hydrogen) atoms. The van der Waals surface area contributed by atoms with Crippen LogP contribution in [0.3, 0.4) is 0 Å². The van der Waals surface area contributed by atoms with E-state index in [-0.39, 0.29) is 0 Å². The molecule has 7 heteroatoms. The lowest BCUT2D eigenvalue weighted by Crippen LogP contribution is -1.99. The summed E-state index contributed by atoms with van der Waals surface area (Å²) in [4.78, 5) is 15.3. The highest BCUT2D eigenvalue weighted by molar-refractivity contribution is 5.48. The van der Waals surface area contributed by atoms with Crippen LogP contribution in [0.15, 0.2) is 23.3 Å². The summed E-state index contributed by atoms with van der Waals surface area (Å²) in [6.07, 6.45) is 5.18. The zero-order chi connectivity index (χ0) is 10.1. The maximum Gasteiger partial charge on any atom is 0.160 e. The number of hydrogen-bond donors (Lipinski definition) is 1. The molecule has 0 spiro atoms. The SMILES string of the molecule is c1nc2cnc(Cc3conn3)[nH]c-2n1. The molecule has 74 valence electrons. The molecule has 0 aliphatic carbocycles. The molecule has 0 unspecified atom stereocenters. The van der Waals surface area contributed by atoms with Crippen molar-refractivity contribution >= 4 is 0 Å². The first-order valence-electron chi connectivity index (χ1n) is 4.32. The number of imidazole rings is 1. The van der Waals surface area contributed by atoms with Gasteiger partial charge in [0.2, 0.25) is 0 Å².